The lowest BCUT2D eigenvalue weighted by atomic mass is 10.1. The summed E-state index contributed by atoms with van der Waals surface area (Å²) in [6.45, 7) is 1.16. The van der Waals surface area contributed by atoms with Gasteiger partial charge in [-0.05, 0) is 23.8 Å². The zero-order valence-electron chi connectivity index (χ0n) is 14.2. The Morgan fingerprint density at radius 1 is 1.07 bits per heavy atom. The molecule has 136 valence electrons. The van der Waals surface area contributed by atoms with Crippen LogP contribution in [0.3, 0.4) is 0 Å². The monoisotopic (exact) mass is 366 g/mol. The highest BCUT2D eigenvalue weighted by atomic mass is 16.7. The Balaban J connectivity index is 1.93. The normalized spacial score (nSPS) is 14.1. The lowest BCUT2D eigenvalue weighted by Gasteiger charge is -2.10. The fourth-order valence-corrected chi connectivity index (χ4v) is 2.45. The molecule has 0 aromatic heterocycles. The van der Waals surface area contributed by atoms with Crippen molar-refractivity contribution < 1.29 is 33.7 Å². The number of esters is 1. The fourth-order valence-electron chi connectivity index (χ4n) is 2.45. The third-order valence-electron chi connectivity index (χ3n) is 3.54. The third-order valence-corrected chi connectivity index (χ3v) is 3.54. The molecule has 0 amide bonds. The average Bonchev–Trinajstić information content (AvgIpc) is 2.94. The van der Waals surface area contributed by atoms with Gasteiger partial charge in [-0.2, -0.15) is 0 Å². The Kier molecular flexibility index (Phi) is 5.03. The Bertz CT molecular complexity index is 971. The first-order chi connectivity index (χ1) is 13.0. The summed E-state index contributed by atoms with van der Waals surface area (Å²) in [6, 6.07) is 12.1. The average molecular weight is 366 g/mol. The minimum Gasteiger partial charge on any atom is -0.449 e. The third kappa shape index (κ3) is 4.04. The maximum absolute atomic E-state index is 12.5. The summed E-state index contributed by atoms with van der Waals surface area (Å²) in [5, 5.41) is 8.93. The molecule has 7 heteroatoms. The van der Waals surface area contributed by atoms with E-state index >= 15 is 0 Å². The summed E-state index contributed by atoms with van der Waals surface area (Å²) in [5.74, 6) is -1.73. The number of Topliss-reactive ketones (excluding diaryl/α,β-unsaturated/α-hetero) is 1. The molecule has 0 fully saturated rings. The molecule has 0 atom stereocenters. The lowest BCUT2D eigenvalue weighted by Crippen LogP contribution is -2.08. The van der Waals surface area contributed by atoms with E-state index in [4.69, 9.17) is 14.6 Å². The smallest absolute Gasteiger partial charge is 0.449 e. The van der Waals surface area contributed by atoms with Crippen molar-refractivity contribution in [1.29, 1.82) is 0 Å². The van der Waals surface area contributed by atoms with Gasteiger partial charge in [-0.1, -0.05) is 42.5 Å². The van der Waals surface area contributed by atoms with Crippen molar-refractivity contribution in [2.75, 3.05) is 0 Å². The van der Waals surface area contributed by atoms with Crippen molar-refractivity contribution in [2.45, 2.75) is 6.92 Å². The lowest BCUT2D eigenvalue weighted by molar-refractivity contribution is -0.132. The molecule has 7 nitrogen and oxygen atoms in total. The number of carbonyl (C=O) groups is 3. The van der Waals surface area contributed by atoms with Gasteiger partial charge in [0.1, 0.15) is 0 Å². The first-order valence-corrected chi connectivity index (χ1v) is 7.88. The van der Waals surface area contributed by atoms with E-state index in [1.54, 1.807) is 12.2 Å². The highest BCUT2D eigenvalue weighted by Crippen LogP contribution is 2.45. The molecule has 3 rings (SSSR count). The van der Waals surface area contributed by atoms with E-state index in [0.29, 0.717) is 0 Å². The van der Waals surface area contributed by atoms with Crippen LogP contribution in [0.2, 0.25) is 0 Å². The van der Waals surface area contributed by atoms with E-state index in [1.165, 1.54) is 18.2 Å². The zero-order valence-corrected chi connectivity index (χ0v) is 14.2. The maximum atomic E-state index is 12.5. The molecule has 1 aliphatic rings. The van der Waals surface area contributed by atoms with Crippen LogP contribution in [0.1, 0.15) is 22.8 Å². The van der Waals surface area contributed by atoms with Gasteiger partial charge in [-0.15, -0.1) is 0 Å². The standard InChI is InChI=1S/C20H14O7/c1-12(21)25-16-11-10-14-17(22)15(26-18(14)19(16)27-20(23)24)9-5-8-13-6-3-2-4-7-13/h2-11H,1H3,(H,23,24)/b8-5+,15-9+. The molecule has 2 aromatic carbocycles. The molecule has 1 heterocycles. The second-order valence-electron chi connectivity index (χ2n) is 5.46. The number of fused-ring (bicyclic) bond motifs is 1. The minimum absolute atomic E-state index is 0.00704. The molecule has 1 N–H and O–H groups in total. The molecule has 0 saturated carbocycles. The Labute approximate surface area is 154 Å². The summed E-state index contributed by atoms with van der Waals surface area (Å²) in [4.78, 5) is 34.6. The predicted molar refractivity (Wildman–Crippen MR) is 94.9 cm³/mol. The van der Waals surface area contributed by atoms with Crippen LogP contribution in [0, 0.1) is 0 Å². The van der Waals surface area contributed by atoms with E-state index in [1.807, 2.05) is 30.3 Å². The van der Waals surface area contributed by atoms with Crippen molar-refractivity contribution >= 4 is 24.0 Å². The SMILES string of the molecule is CC(=O)Oc1ccc2c(c1OC(=O)O)O/C(=C/C=C/c1ccccc1)C2=O. The molecule has 0 aliphatic carbocycles. The van der Waals surface area contributed by atoms with Gasteiger partial charge in [0.15, 0.2) is 17.3 Å². The van der Waals surface area contributed by atoms with E-state index in [9.17, 15) is 14.4 Å². The van der Waals surface area contributed by atoms with E-state index in [2.05, 4.69) is 4.74 Å². The van der Waals surface area contributed by atoms with Crippen LogP contribution in [-0.4, -0.2) is 23.0 Å². The van der Waals surface area contributed by atoms with Crippen LogP contribution in [0.5, 0.6) is 17.2 Å². The number of carbonyl (C=O) groups excluding carboxylic acids is 2. The number of ether oxygens (including phenoxy) is 3. The minimum atomic E-state index is -1.63. The first kappa shape index (κ1) is 17.9. The molecular formula is C20H14O7. The second-order valence-corrected chi connectivity index (χ2v) is 5.46. The first-order valence-electron chi connectivity index (χ1n) is 7.88. The van der Waals surface area contributed by atoms with Crippen LogP contribution in [-0.2, 0) is 4.79 Å². The van der Waals surface area contributed by atoms with Gasteiger partial charge < -0.3 is 19.3 Å². The largest absolute Gasteiger partial charge is 0.511 e. The molecule has 0 saturated heterocycles. The summed E-state index contributed by atoms with van der Waals surface area (Å²) in [5.41, 5.74) is 1.05. The second kappa shape index (κ2) is 7.57. The summed E-state index contributed by atoms with van der Waals surface area (Å²) < 4.78 is 15.1. The van der Waals surface area contributed by atoms with Crippen LogP contribution in [0.25, 0.3) is 6.08 Å². The summed E-state index contributed by atoms with van der Waals surface area (Å²) in [6.07, 6.45) is 3.25. The van der Waals surface area contributed by atoms with Crippen molar-refractivity contribution in [2.24, 2.45) is 0 Å². The van der Waals surface area contributed by atoms with Gasteiger partial charge in [0.25, 0.3) is 0 Å². The van der Waals surface area contributed by atoms with Crippen molar-refractivity contribution in [3.63, 3.8) is 0 Å². The molecule has 2 aromatic rings. The summed E-state index contributed by atoms with van der Waals surface area (Å²) in [7, 11) is 0. The van der Waals surface area contributed by atoms with E-state index < -0.39 is 17.9 Å². The van der Waals surface area contributed by atoms with Gasteiger partial charge in [0.2, 0.25) is 11.5 Å². The molecule has 27 heavy (non-hydrogen) atoms. The number of carboxylic acid groups (broad SMARTS) is 1. The van der Waals surface area contributed by atoms with Crippen LogP contribution in [0.4, 0.5) is 4.79 Å². The molecule has 0 bridgehead atoms. The highest BCUT2D eigenvalue weighted by Gasteiger charge is 2.33. The van der Waals surface area contributed by atoms with Gasteiger partial charge in [-0.3, -0.25) is 9.59 Å². The molecular weight excluding hydrogens is 352 g/mol. The fraction of sp³-hybridized carbons (Fsp3) is 0.0500. The zero-order chi connectivity index (χ0) is 19.4. The number of allylic oxidation sites excluding steroid dienone is 3. The van der Waals surface area contributed by atoms with Crippen molar-refractivity contribution in [1.82, 2.24) is 0 Å². The quantitative estimate of drug-likeness (QED) is 0.380. The number of hydrogen-bond donors (Lipinski definition) is 1. The van der Waals surface area contributed by atoms with Gasteiger partial charge >= 0.3 is 12.1 Å². The molecule has 0 unspecified atom stereocenters. The highest BCUT2D eigenvalue weighted by molar-refractivity contribution is 6.13. The number of hydrogen-bond acceptors (Lipinski definition) is 6. The molecule has 0 radical (unpaired) electrons. The van der Waals surface area contributed by atoms with Crippen LogP contribution >= 0.6 is 0 Å². The Morgan fingerprint density at radius 2 is 1.81 bits per heavy atom. The van der Waals surface area contributed by atoms with Gasteiger partial charge in [-0.25, -0.2) is 4.79 Å². The van der Waals surface area contributed by atoms with Crippen molar-refractivity contribution in [3.8, 4) is 17.2 Å². The van der Waals surface area contributed by atoms with Crippen molar-refractivity contribution in [3.05, 3.63) is 71.5 Å². The Hall–Kier alpha value is -3.87. The van der Waals surface area contributed by atoms with Crippen LogP contribution < -0.4 is 14.2 Å². The summed E-state index contributed by atoms with van der Waals surface area (Å²) >= 11 is 0. The molecule has 1 aliphatic heterocycles. The molecule has 0 spiro atoms. The maximum Gasteiger partial charge on any atom is 0.511 e. The van der Waals surface area contributed by atoms with Crippen LogP contribution in [0.15, 0.2) is 60.4 Å². The topological polar surface area (TPSA) is 99.1 Å². The number of benzene rings is 2. The van der Waals surface area contributed by atoms with Gasteiger partial charge in [0.05, 0.1) is 5.56 Å². The van der Waals surface area contributed by atoms with E-state index in [0.717, 1.165) is 12.5 Å². The van der Waals surface area contributed by atoms with E-state index in [-0.39, 0.29) is 28.6 Å². The predicted octanol–water partition coefficient (Wildman–Crippen LogP) is 3.84. The number of ketones is 1. The number of rotatable bonds is 4. The Morgan fingerprint density at radius 3 is 2.48 bits per heavy atom. The van der Waals surface area contributed by atoms with Gasteiger partial charge in [0, 0.05) is 6.92 Å².